The molecule has 1 rings (SSSR count). The van der Waals surface area contributed by atoms with Gasteiger partial charge in [0.2, 0.25) is 5.95 Å². The Morgan fingerprint density at radius 2 is 2.23 bits per heavy atom. The molecule has 3 N–H and O–H groups in total. The van der Waals surface area contributed by atoms with Crippen molar-refractivity contribution in [3.8, 4) is 0 Å². The molecule has 5 nitrogen and oxygen atoms in total. The summed E-state index contributed by atoms with van der Waals surface area (Å²) in [5.41, 5.74) is 0.638. The fourth-order valence-electron chi connectivity index (χ4n) is 1.01. The summed E-state index contributed by atoms with van der Waals surface area (Å²) in [4.78, 5) is 17.3. The van der Waals surface area contributed by atoms with Crippen LogP contribution in [0.25, 0.3) is 0 Å². The van der Waals surface area contributed by atoms with E-state index < -0.39 is 5.97 Å². The molecule has 0 aliphatic heterocycles. The first-order chi connectivity index (χ1) is 6.00. The minimum Gasteiger partial charge on any atom is -0.476 e. The van der Waals surface area contributed by atoms with Crippen molar-refractivity contribution < 1.29 is 9.90 Å². The van der Waals surface area contributed by atoms with Crippen LogP contribution in [-0.2, 0) is 0 Å². The molecule has 13 heavy (non-hydrogen) atoms. The van der Waals surface area contributed by atoms with Crippen LogP contribution < -0.4 is 5.32 Å². The first kappa shape index (κ1) is 9.57. The monoisotopic (exact) mass is 183 g/mol. The van der Waals surface area contributed by atoms with Crippen LogP contribution in [0.1, 0.15) is 30.0 Å². The maximum atomic E-state index is 10.6. The molecule has 0 saturated carbocycles. The number of hydrogen-bond acceptors (Lipinski definition) is 3. The van der Waals surface area contributed by atoms with Crippen molar-refractivity contribution >= 4 is 11.9 Å². The molecule has 0 spiro atoms. The highest BCUT2D eigenvalue weighted by Crippen LogP contribution is 2.09. The van der Waals surface area contributed by atoms with Crippen LogP contribution >= 0.6 is 0 Å². The van der Waals surface area contributed by atoms with E-state index in [-0.39, 0.29) is 11.7 Å². The number of nitrogens with one attached hydrogen (secondary N) is 2. The molecule has 0 saturated heterocycles. The molecule has 5 heteroatoms. The largest absolute Gasteiger partial charge is 0.476 e. The lowest BCUT2D eigenvalue weighted by atomic mass is 10.4. The van der Waals surface area contributed by atoms with Gasteiger partial charge in [-0.15, -0.1) is 0 Å². The van der Waals surface area contributed by atoms with Gasteiger partial charge in [0, 0.05) is 11.7 Å². The lowest BCUT2D eigenvalue weighted by molar-refractivity contribution is 0.0690. The minimum atomic E-state index is -1.01. The van der Waals surface area contributed by atoms with E-state index in [2.05, 4.69) is 15.3 Å². The SMILES string of the molecule is Cc1[nH]c(NC(C)C)nc1C(=O)O. The van der Waals surface area contributed by atoms with Crippen LogP contribution in [0, 0.1) is 6.92 Å². The molecule has 1 aromatic heterocycles. The van der Waals surface area contributed by atoms with Gasteiger partial charge >= 0.3 is 5.97 Å². The Kier molecular flexibility index (Phi) is 2.55. The number of rotatable bonds is 3. The van der Waals surface area contributed by atoms with E-state index in [0.717, 1.165) is 0 Å². The molecular formula is C8H13N3O2. The molecule has 0 aliphatic carbocycles. The van der Waals surface area contributed by atoms with Crippen LogP contribution in [0.15, 0.2) is 0 Å². The number of carboxylic acid groups (broad SMARTS) is 1. The molecule has 0 bridgehead atoms. The van der Waals surface area contributed by atoms with E-state index in [0.29, 0.717) is 11.6 Å². The molecular weight excluding hydrogens is 170 g/mol. The molecule has 0 amide bonds. The van der Waals surface area contributed by atoms with Gasteiger partial charge in [-0.3, -0.25) is 0 Å². The third-order valence-corrected chi connectivity index (χ3v) is 1.51. The molecule has 1 heterocycles. The number of aryl methyl sites for hydroxylation is 1. The predicted octanol–water partition coefficient (Wildman–Crippen LogP) is 1.24. The Hall–Kier alpha value is -1.52. The minimum absolute atomic E-state index is 0.0724. The summed E-state index contributed by atoms with van der Waals surface area (Å²) < 4.78 is 0. The van der Waals surface area contributed by atoms with Crippen LogP contribution in [-0.4, -0.2) is 27.1 Å². The van der Waals surface area contributed by atoms with Gasteiger partial charge in [0.25, 0.3) is 0 Å². The maximum Gasteiger partial charge on any atom is 0.356 e. The summed E-state index contributed by atoms with van der Waals surface area (Å²) >= 11 is 0. The second-order valence-electron chi connectivity index (χ2n) is 3.16. The van der Waals surface area contributed by atoms with E-state index in [9.17, 15) is 4.79 Å². The number of aromatic amines is 1. The van der Waals surface area contributed by atoms with Crippen molar-refractivity contribution in [1.82, 2.24) is 9.97 Å². The number of H-pyrrole nitrogens is 1. The number of nitrogens with zero attached hydrogens (tertiary/aromatic N) is 1. The second-order valence-corrected chi connectivity index (χ2v) is 3.16. The normalized spacial score (nSPS) is 10.5. The first-order valence-electron chi connectivity index (χ1n) is 4.07. The molecule has 1 aromatic rings. The van der Waals surface area contributed by atoms with Gasteiger partial charge in [0.15, 0.2) is 5.69 Å². The quantitative estimate of drug-likeness (QED) is 0.658. The number of carboxylic acids is 1. The Balaban J connectivity index is 2.89. The van der Waals surface area contributed by atoms with Crippen molar-refractivity contribution in [2.24, 2.45) is 0 Å². The molecule has 0 aliphatic rings. The summed E-state index contributed by atoms with van der Waals surface area (Å²) in [6.45, 7) is 5.60. The lowest BCUT2D eigenvalue weighted by Gasteiger charge is -2.04. The zero-order valence-electron chi connectivity index (χ0n) is 7.88. The summed E-state index contributed by atoms with van der Waals surface area (Å²) in [7, 11) is 0. The van der Waals surface area contributed by atoms with Crippen molar-refractivity contribution in [3.63, 3.8) is 0 Å². The van der Waals surface area contributed by atoms with Gasteiger partial charge in [0.1, 0.15) is 0 Å². The summed E-state index contributed by atoms with van der Waals surface area (Å²) in [5.74, 6) is -0.504. The van der Waals surface area contributed by atoms with Gasteiger partial charge in [-0.1, -0.05) is 0 Å². The zero-order chi connectivity index (χ0) is 10.0. The fourth-order valence-corrected chi connectivity index (χ4v) is 1.01. The van der Waals surface area contributed by atoms with E-state index in [1.54, 1.807) is 6.92 Å². The molecule has 0 radical (unpaired) electrons. The highest BCUT2D eigenvalue weighted by molar-refractivity contribution is 5.87. The van der Waals surface area contributed by atoms with Crippen LogP contribution in [0.3, 0.4) is 0 Å². The Labute approximate surface area is 76.2 Å². The smallest absolute Gasteiger partial charge is 0.356 e. The summed E-state index contributed by atoms with van der Waals surface area (Å²) in [6, 6.07) is 0.229. The number of aromatic carboxylic acids is 1. The molecule has 72 valence electrons. The van der Waals surface area contributed by atoms with Gasteiger partial charge < -0.3 is 15.4 Å². The zero-order valence-corrected chi connectivity index (χ0v) is 7.88. The average Bonchev–Trinajstić information content (AvgIpc) is 2.29. The van der Waals surface area contributed by atoms with E-state index in [4.69, 9.17) is 5.11 Å². The second kappa shape index (κ2) is 3.47. The number of aromatic nitrogens is 2. The van der Waals surface area contributed by atoms with Crippen LogP contribution in [0.4, 0.5) is 5.95 Å². The summed E-state index contributed by atoms with van der Waals surface area (Å²) in [5, 5.41) is 11.7. The van der Waals surface area contributed by atoms with Gasteiger partial charge in [-0.05, 0) is 20.8 Å². The highest BCUT2D eigenvalue weighted by Gasteiger charge is 2.13. The van der Waals surface area contributed by atoms with Crippen molar-refractivity contribution in [1.29, 1.82) is 0 Å². The third-order valence-electron chi connectivity index (χ3n) is 1.51. The maximum absolute atomic E-state index is 10.6. The van der Waals surface area contributed by atoms with E-state index in [1.165, 1.54) is 0 Å². The first-order valence-corrected chi connectivity index (χ1v) is 4.07. The summed E-state index contributed by atoms with van der Waals surface area (Å²) in [6.07, 6.45) is 0. The average molecular weight is 183 g/mol. The van der Waals surface area contributed by atoms with Crippen LogP contribution in [0.2, 0.25) is 0 Å². The Morgan fingerprint density at radius 1 is 1.62 bits per heavy atom. The number of imidazole rings is 1. The highest BCUT2D eigenvalue weighted by atomic mass is 16.4. The van der Waals surface area contributed by atoms with Gasteiger partial charge in [-0.2, -0.15) is 0 Å². The topological polar surface area (TPSA) is 78.0 Å². The van der Waals surface area contributed by atoms with Crippen LogP contribution in [0.5, 0.6) is 0 Å². The fraction of sp³-hybridized carbons (Fsp3) is 0.500. The van der Waals surface area contributed by atoms with Gasteiger partial charge in [0.05, 0.1) is 0 Å². The molecule has 0 fully saturated rings. The van der Waals surface area contributed by atoms with Crippen molar-refractivity contribution in [3.05, 3.63) is 11.4 Å². The number of carbonyl (C=O) groups is 1. The number of hydrogen-bond donors (Lipinski definition) is 3. The molecule has 0 atom stereocenters. The lowest BCUT2D eigenvalue weighted by Crippen LogP contribution is -2.11. The Morgan fingerprint density at radius 3 is 2.62 bits per heavy atom. The predicted molar refractivity (Wildman–Crippen MR) is 49.0 cm³/mol. The molecule has 0 unspecified atom stereocenters. The van der Waals surface area contributed by atoms with E-state index >= 15 is 0 Å². The Bertz CT molecular complexity index is 317. The number of anilines is 1. The van der Waals surface area contributed by atoms with Crippen molar-refractivity contribution in [2.75, 3.05) is 5.32 Å². The van der Waals surface area contributed by atoms with Crippen molar-refractivity contribution in [2.45, 2.75) is 26.8 Å². The molecule has 0 aromatic carbocycles. The standard InChI is InChI=1S/C8H13N3O2/c1-4(2)9-8-10-5(3)6(11-8)7(12)13/h4H,1-3H3,(H,12,13)(H2,9,10,11). The third kappa shape index (κ3) is 2.21. The van der Waals surface area contributed by atoms with E-state index in [1.807, 2.05) is 13.8 Å². The van der Waals surface area contributed by atoms with Gasteiger partial charge in [-0.25, -0.2) is 9.78 Å².